The van der Waals surface area contributed by atoms with Gasteiger partial charge in [-0.25, -0.2) is 4.68 Å². The number of aromatic nitrogens is 5. The minimum absolute atomic E-state index is 0.0602. The SMILES string of the molecule is Cc1ccc(C)c2[nH]c(=O)c(CN(Cc3ccco3)[C@H](c3nnnn3C3CCCCC3)C(C)C)cc12. The van der Waals surface area contributed by atoms with Gasteiger partial charge in [-0.3, -0.25) is 9.69 Å². The van der Waals surface area contributed by atoms with Crippen molar-refractivity contribution in [2.45, 2.75) is 85.0 Å². The molecule has 3 heterocycles. The summed E-state index contributed by atoms with van der Waals surface area (Å²) in [7, 11) is 0. The number of rotatable bonds is 8. The second-order valence-corrected chi connectivity index (χ2v) is 10.6. The van der Waals surface area contributed by atoms with Crippen LogP contribution < -0.4 is 5.56 Å². The van der Waals surface area contributed by atoms with Crippen LogP contribution in [-0.2, 0) is 13.1 Å². The molecule has 1 aromatic carbocycles. The zero-order valence-electron chi connectivity index (χ0n) is 21.7. The number of tetrazole rings is 1. The number of fused-ring (bicyclic) bond motifs is 1. The largest absolute Gasteiger partial charge is 0.468 e. The molecular formula is C28H36N6O2. The molecule has 0 spiro atoms. The quantitative estimate of drug-likeness (QED) is 0.346. The number of furan rings is 1. The summed E-state index contributed by atoms with van der Waals surface area (Å²) in [4.78, 5) is 18.7. The van der Waals surface area contributed by atoms with Crippen molar-refractivity contribution >= 4 is 10.9 Å². The van der Waals surface area contributed by atoms with E-state index in [2.05, 4.69) is 63.0 Å². The molecule has 4 aromatic rings. The molecule has 0 saturated heterocycles. The van der Waals surface area contributed by atoms with Crippen LogP contribution in [0.5, 0.6) is 0 Å². The van der Waals surface area contributed by atoms with E-state index in [1.54, 1.807) is 6.26 Å². The minimum Gasteiger partial charge on any atom is -0.468 e. The monoisotopic (exact) mass is 488 g/mol. The second kappa shape index (κ2) is 10.4. The first-order valence-corrected chi connectivity index (χ1v) is 13.1. The topological polar surface area (TPSA) is 92.8 Å². The molecule has 1 saturated carbocycles. The number of nitrogens with one attached hydrogen (secondary N) is 1. The molecule has 1 atom stereocenters. The lowest BCUT2D eigenvalue weighted by Crippen LogP contribution is -2.36. The number of aryl methyl sites for hydroxylation is 2. The van der Waals surface area contributed by atoms with Gasteiger partial charge in [-0.15, -0.1) is 5.10 Å². The Bertz CT molecular complexity index is 1360. The van der Waals surface area contributed by atoms with E-state index in [0.29, 0.717) is 19.1 Å². The molecule has 1 N–H and O–H groups in total. The van der Waals surface area contributed by atoms with Gasteiger partial charge in [0, 0.05) is 17.5 Å². The number of hydrogen-bond acceptors (Lipinski definition) is 6. The van der Waals surface area contributed by atoms with Gasteiger partial charge in [0.15, 0.2) is 5.82 Å². The Hall–Kier alpha value is -3.26. The van der Waals surface area contributed by atoms with E-state index in [1.807, 2.05) is 25.1 Å². The predicted molar refractivity (Wildman–Crippen MR) is 140 cm³/mol. The van der Waals surface area contributed by atoms with Crippen molar-refractivity contribution in [3.63, 3.8) is 0 Å². The van der Waals surface area contributed by atoms with Gasteiger partial charge in [0.25, 0.3) is 5.56 Å². The van der Waals surface area contributed by atoms with Crippen LogP contribution in [0.25, 0.3) is 10.9 Å². The van der Waals surface area contributed by atoms with Gasteiger partial charge in [0.05, 0.1) is 30.4 Å². The number of pyridine rings is 1. The molecule has 0 aliphatic heterocycles. The van der Waals surface area contributed by atoms with Crippen molar-refractivity contribution in [2.75, 3.05) is 0 Å². The fourth-order valence-corrected chi connectivity index (χ4v) is 5.67. The highest BCUT2D eigenvalue weighted by molar-refractivity contribution is 5.85. The van der Waals surface area contributed by atoms with E-state index in [0.717, 1.165) is 52.0 Å². The number of nitrogens with zero attached hydrogens (tertiary/aromatic N) is 5. The van der Waals surface area contributed by atoms with E-state index in [1.165, 1.54) is 19.3 Å². The van der Waals surface area contributed by atoms with E-state index < -0.39 is 0 Å². The molecule has 8 heteroatoms. The van der Waals surface area contributed by atoms with Gasteiger partial charge >= 0.3 is 0 Å². The maximum atomic E-state index is 13.3. The summed E-state index contributed by atoms with van der Waals surface area (Å²) >= 11 is 0. The molecule has 3 aromatic heterocycles. The zero-order valence-corrected chi connectivity index (χ0v) is 21.7. The Labute approximate surface area is 211 Å². The lowest BCUT2D eigenvalue weighted by molar-refractivity contribution is 0.112. The fourth-order valence-electron chi connectivity index (χ4n) is 5.67. The standard InChI is InChI=1S/C28H36N6O2/c1-18(2)26(27-30-31-32-34(27)22-9-6-5-7-10-22)33(17-23-11-8-14-36-23)16-21-15-24-19(3)12-13-20(4)25(24)29-28(21)35/h8,11-15,18,22,26H,5-7,9-10,16-17H2,1-4H3,(H,29,35)/t26-/m0/s1. The molecule has 0 radical (unpaired) electrons. The summed E-state index contributed by atoms with van der Waals surface area (Å²) in [6.07, 6.45) is 7.58. The molecule has 1 aliphatic rings. The third kappa shape index (κ3) is 4.87. The van der Waals surface area contributed by atoms with Gasteiger partial charge in [-0.05, 0) is 72.4 Å². The first-order chi connectivity index (χ1) is 17.4. The summed E-state index contributed by atoms with van der Waals surface area (Å²) in [5, 5.41) is 14.2. The smallest absolute Gasteiger partial charge is 0.252 e. The Kier molecular flexibility index (Phi) is 7.05. The predicted octanol–water partition coefficient (Wildman–Crippen LogP) is 5.63. The molecule has 1 aliphatic carbocycles. The lowest BCUT2D eigenvalue weighted by atomic mass is 9.94. The first kappa shape index (κ1) is 24.4. The third-order valence-electron chi connectivity index (χ3n) is 7.56. The van der Waals surface area contributed by atoms with Crippen LogP contribution in [0.4, 0.5) is 0 Å². The summed E-state index contributed by atoms with van der Waals surface area (Å²) < 4.78 is 7.80. The van der Waals surface area contributed by atoms with Gasteiger partial charge in [0.1, 0.15) is 5.76 Å². The molecule has 5 rings (SSSR count). The second-order valence-electron chi connectivity index (χ2n) is 10.6. The molecule has 8 nitrogen and oxygen atoms in total. The van der Waals surface area contributed by atoms with Crippen molar-refractivity contribution in [3.8, 4) is 0 Å². The number of aromatic amines is 1. The Balaban J connectivity index is 1.56. The van der Waals surface area contributed by atoms with Gasteiger partial charge < -0.3 is 9.40 Å². The van der Waals surface area contributed by atoms with Gasteiger partial charge in [0.2, 0.25) is 0 Å². The van der Waals surface area contributed by atoms with Gasteiger partial charge in [-0.2, -0.15) is 0 Å². The first-order valence-electron chi connectivity index (χ1n) is 13.1. The van der Waals surface area contributed by atoms with E-state index in [9.17, 15) is 4.79 Å². The highest BCUT2D eigenvalue weighted by Crippen LogP contribution is 2.35. The maximum Gasteiger partial charge on any atom is 0.252 e. The summed E-state index contributed by atoms with van der Waals surface area (Å²) in [6, 6.07) is 10.3. The van der Waals surface area contributed by atoms with Crippen LogP contribution in [-0.4, -0.2) is 30.1 Å². The normalized spacial score (nSPS) is 15.8. The zero-order chi connectivity index (χ0) is 25.2. The number of H-pyrrole nitrogens is 1. The summed E-state index contributed by atoms with van der Waals surface area (Å²) in [5.74, 6) is 1.94. The minimum atomic E-state index is -0.0827. The molecular weight excluding hydrogens is 452 g/mol. The summed E-state index contributed by atoms with van der Waals surface area (Å²) in [6.45, 7) is 9.51. The molecule has 0 bridgehead atoms. The van der Waals surface area contributed by atoms with Crippen molar-refractivity contribution in [1.82, 2.24) is 30.1 Å². The maximum absolute atomic E-state index is 13.3. The van der Waals surface area contributed by atoms with E-state index >= 15 is 0 Å². The van der Waals surface area contributed by atoms with Crippen molar-refractivity contribution < 1.29 is 4.42 Å². The van der Waals surface area contributed by atoms with Crippen LogP contribution in [0, 0.1) is 19.8 Å². The average molecular weight is 489 g/mol. The van der Waals surface area contributed by atoms with E-state index in [4.69, 9.17) is 4.42 Å². The average Bonchev–Trinajstić information content (AvgIpc) is 3.55. The highest BCUT2D eigenvalue weighted by Gasteiger charge is 2.32. The van der Waals surface area contributed by atoms with Crippen LogP contribution >= 0.6 is 0 Å². The van der Waals surface area contributed by atoms with Crippen LogP contribution in [0.1, 0.15) is 86.3 Å². The summed E-state index contributed by atoms with van der Waals surface area (Å²) in [5.41, 5.74) is 3.79. The number of benzene rings is 1. The Morgan fingerprint density at radius 2 is 1.89 bits per heavy atom. The van der Waals surface area contributed by atoms with Crippen LogP contribution in [0.3, 0.4) is 0 Å². The van der Waals surface area contributed by atoms with Crippen molar-refractivity contribution in [2.24, 2.45) is 5.92 Å². The molecule has 36 heavy (non-hydrogen) atoms. The Morgan fingerprint density at radius 1 is 1.11 bits per heavy atom. The van der Waals surface area contributed by atoms with Crippen LogP contribution in [0.15, 0.2) is 45.8 Å². The Morgan fingerprint density at radius 3 is 2.61 bits per heavy atom. The van der Waals surface area contributed by atoms with Gasteiger partial charge in [-0.1, -0.05) is 45.2 Å². The third-order valence-corrected chi connectivity index (χ3v) is 7.56. The number of hydrogen-bond donors (Lipinski definition) is 1. The molecule has 0 amide bonds. The highest BCUT2D eigenvalue weighted by atomic mass is 16.3. The van der Waals surface area contributed by atoms with Crippen molar-refractivity contribution in [3.05, 3.63) is 75.2 Å². The fraction of sp³-hybridized carbons (Fsp3) is 0.500. The molecule has 0 unspecified atom stereocenters. The van der Waals surface area contributed by atoms with E-state index in [-0.39, 0.29) is 17.5 Å². The van der Waals surface area contributed by atoms with Crippen LogP contribution in [0.2, 0.25) is 0 Å². The van der Waals surface area contributed by atoms with Crippen molar-refractivity contribution in [1.29, 1.82) is 0 Å². The lowest BCUT2D eigenvalue weighted by Gasteiger charge is -2.34. The molecule has 190 valence electrons. The molecule has 1 fully saturated rings.